The summed E-state index contributed by atoms with van der Waals surface area (Å²) in [7, 11) is 0. The number of hydrogen-bond acceptors (Lipinski definition) is 5. The van der Waals surface area contributed by atoms with Gasteiger partial charge >= 0.3 is 30.7 Å². The first kappa shape index (κ1) is 42.4. The fourth-order valence-corrected chi connectivity index (χ4v) is 6.13. The third-order valence-corrected chi connectivity index (χ3v) is 8.84. The summed E-state index contributed by atoms with van der Waals surface area (Å²) in [4.78, 5) is 20.5. The summed E-state index contributed by atoms with van der Waals surface area (Å²) >= 11 is 1.17. The van der Waals surface area contributed by atoms with E-state index in [0.717, 1.165) is 30.3 Å². The minimum absolute atomic E-state index is 0.0306. The maximum Gasteiger partial charge on any atom is 0.416 e. The first-order chi connectivity index (χ1) is 26.3. The predicted molar refractivity (Wildman–Crippen MR) is 179 cm³/mol. The van der Waals surface area contributed by atoms with Gasteiger partial charge in [-0.15, -0.1) is 11.3 Å². The molecular formula is C37H21F14N3O2S. The van der Waals surface area contributed by atoms with Crippen molar-refractivity contribution in [1.29, 1.82) is 0 Å². The maximum absolute atomic E-state index is 14.3. The molecule has 5 aromatic rings. The molecule has 0 spiro atoms. The Morgan fingerprint density at radius 2 is 1.18 bits per heavy atom. The van der Waals surface area contributed by atoms with Crippen LogP contribution in [0.2, 0.25) is 0 Å². The molecule has 0 bridgehead atoms. The van der Waals surface area contributed by atoms with Gasteiger partial charge in [-0.25, -0.2) is 18.6 Å². The highest BCUT2D eigenvalue weighted by molar-refractivity contribution is 7.11. The molecule has 1 unspecified atom stereocenters. The Kier molecular flexibility index (Phi) is 11.6. The fraction of sp³-hybridized carbons (Fsp3) is 0.162. The maximum atomic E-state index is 14.3. The number of carbonyl (C=O) groups is 1. The van der Waals surface area contributed by atoms with Crippen LogP contribution in [0.1, 0.15) is 45.8 Å². The minimum Gasteiger partial charge on any atom is -0.478 e. The van der Waals surface area contributed by atoms with Crippen molar-refractivity contribution in [2.75, 3.05) is 0 Å². The van der Waals surface area contributed by atoms with Gasteiger partial charge in [0.05, 0.1) is 27.8 Å². The van der Waals surface area contributed by atoms with Crippen molar-refractivity contribution in [3.8, 4) is 22.3 Å². The molecule has 0 radical (unpaired) electrons. The average molecular weight is 838 g/mol. The first-order valence-electron chi connectivity index (χ1n) is 15.7. The third kappa shape index (κ3) is 9.97. The van der Waals surface area contributed by atoms with E-state index in [0.29, 0.717) is 29.3 Å². The number of nitrogens with zero attached hydrogens (tertiary/aromatic N) is 2. The van der Waals surface area contributed by atoms with E-state index < -0.39 is 76.2 Å². The topological polar surface area (TPSA) is 74.6 Å². The molecule has 20 heteroatoms. The molecule has 4 aromatic carbocycles. The van der Waals surface area contributed by atoms with Crippen LogP contribution < -0.4 is 5.32 Å². The van der Waals surface area contributed by atoms with Crippen molar-refractivity contribution in [2.24, 2.45) is 4.99 Å². The quantitative estimate of drug-likeness (QED) is 0.173. The van der Waals surface area contributed by atoms with Crippen LogP contribution in [0.5, 0.6) is 0 Å². The van der Waals surface area contributed by atoms with Crippen LogP contribution in [0, 0.1) is 11.6 Å². The molecule has 6 rings (SSSR count). The van der Waals surface area contributed by atoms with Crippen LogP contribution in [-0.4, -0.2) is 21.9 Å². The molecule has 2 heterocycles. The zero-order valence-electron chi connectivity index (χ0n) is 28.2. The zero-order chi connectivity index (χ0) is 42.2. The van der Waals surface area contributed by atoms with Gasteiger partial charge < -0.3 is 10.4 Å². The van der Waals surface area contributed by atoms with E-state index in [1.807, 2.05) is 0 Å². The molecule has 0 saturated carbocycles. The molecule has 0 amide bonds. The van der Waals surface area contributed by atoms with E-state index in [9.17, 15) is 71.4 Å². The van der Waals surface area contributed by atoms with E-state index >= 15 is 0 Å². The average Bonchev–Trinajstić information content (AvgIpc) is 3.65. The second-order valence-corrected chi connectivity index (χ2v) is 12.9. The second kappa shape index (κ2) is 15.6. The Bertz CT molecular complexity index is 2300. The second-order valence-electron chi connectivity index (χ2n) is 12.0. The number of hydrogen-bond donors (Lipinski definition) is 2. The Morgan fingerprint density at radius 1 is 0.667 bits per heavy atom. The smallest absolute Gasteiger partial charge is 0.416 e. The number of allylic oxidation sites excluding steroid dienone is 1. The molecule has 5 nitrogen and oxygen atoms in total. The van der Waals surface area contributed by atoms with Crippen molar-refractivity contribution < 1.29 is 71.4 Å². The summed E-state index contributed by atoms with van der Waals surface area (Å²) < 4.78 is 184. The van der Waals surface area contributed by atoms with Crippen LogP contribution in [0.25, 0.3) is 22.3 Å². The number of benzene rings is 4. The lowest BCUT2D eigenvalue weighted by Crippen LogP contribution is -2.32. The van der Waals surface area contributed by atoms with E-state index in [4.69, 9.17) is 0 Å². The predicted octanol–water partition coefficient (Wildman–Crippen LogP) is 12.0. The lowest BCUT2D eigenvalue weighted by molar-refractivity contribution is -0.144. The number of nitrogens with one attached hydrogen (secondary N) is 1. The van der Waals surface area contributed by atoms with Gasteiger partial charge in [0.1, 0.15) is 17.7 Å². The highest BCUT2D eigenvalue weighted by Crippen LogP contribution is 2.43. The number of rotatable bonds is 5. The van der Waals surface area contributed by atoms with E-state index in [1.165, 1.54) is 36.6 Å². The molecule has 2 N–H and O–H groups in total. The van der Waals surface area contributed by atoms with Crippen molar-refractivity contribution in [1.82, 2.24) is 10.3 Å². The highest BCUT2D eigenvalue weighted by atomic mass is 32.1. The van der Waals surface area contributed by atoms with Gasteiger partial charge in [0, 0.05) is 17.3 Å². The zero-order valence-corrected chi connectivity index (χ0v) is 29.0. The van der Waals surface area contributed by atoms with E-state index in [-0.39, 0.29) is 51.5 Å². The molecule has 0 aliphatic carbocycles. The van der Waals surface area contributed by atoms with Gasteiger partial charge in [-0.3, -0.25) is 4.99 Å². The summed E-state index contributed by atoms with van der Waals surface area (Å²) in [5.41, 5.74) is -7.72. The van der Waals surface area contributed by atoms with Gasteiger partial charge in [0.25, 0.3) is 0 Å². The Labute approximate surface area is 315 Å². The standard InChI is InChI=1S/C23H14F7N3O2S.C14H7F7/c1-10-17(21(34)35)18(33-19(32-10)20-31-4-5-36-20)15-3-2-14(24)9-16(15)11-6-12(22(25,26)27)8-13(7-11)23(28,29)30;15-12-3-1-2-8(6-12)9-4-10(13(16,17)18)7-11(5-9)14(19,20)21/h2-9,18H,1H3,(H,32,33)(H,34,35);1-7H. The normalized spacial score (nSPS) is 15.1. The molecule has 1 atom stereocenters. The number of halogens is 14. The molecule has 300 valence electrons. The monoisotopic (exact) mass is 837 g/mol. The number of carboxylic acid groups (broad SMARTS) is 1. The molecule has 1 aromatic heterocycles. The van der Waals surface area contributed by atoms with Crippen molar-refractivity contribution in [3.05, 3.63) is 146 Å². The van der Waals surface area contributed by atoms with Crippen LogP contribution in [0.15, 0.2) is 107 Å². The number of aliphatic imine (C=N–C) groups is 1. The number of amidine groups is 1. The molecule has 0 fully saturated rings. The van der Waals surface area contributed by atoms with Gasteiger partial charge in [-0.05, 0) is 95.4 Å². The first-order valence-corrected chi connectivity index (χ1v) is 16.5. The molecular weight excluding hydrogens is 816 g/mol. The molecule has 0 saturated heterocycles. The summed E-state index contributed by atoms with van der Waals surface area (Å²) in [5.74, 6) is -2.98. The number of thiazole rings is 1. The lowest BCUT2D eigenvalue weighted by atomic mass is 9.88. The van der Waals surface area contributed by atoms with E-state index in [1.54, 1.807) is 5.38 Å². The van der Waals surface area contributed by atoms with Crippen LogP contribution in [-0.2, 0) is 29.5 Å². The third-order valence-electron chi connectivity index (χ3n) is 8.06. The number of carboxylic acids is 1. The lowest BCUT2D eigenvalue weighted by Gasteiger charge is -2.26. The summed E-state index contributed by atoms with van der Waals surface area (Å²) in [6, 6.07) is 7.75. The molecule has 1 aliphatic heterocycles. The van der Waals surface area contributed by atoms with Gasteiger partial charge in [0.2, 0.25) is 0 Å². The van der Waals surface area contributed by atoms with Crippen LogP contribution in [0.3, 0.4) is 0 Å². The van der Waals surface area contributed by atoms with Gasteiger partial charge in [-0.2, -0.15) is 52.7 Å². The van der Waals surface area contributed by atoms with Crippen molar-refractivity contribution in [2.45, 2.75) is 37.7 Å². The Balaban J connectivity index is 0.000000251. The number of alkyl halides is 12. The summed E-state index contributed by atoms with van der Waals surface area (Å²) in [5, 5.41) is 14.6. The molecule has 1 aliphatic rings. The van der Waals surface area contributed by atoms with Gasteiger partial charge in [0.15, 0.2) is 10.8 Å². The van der Waals surface area contributed by atoms with Crippen molar-refractivity contribution >= 4 is 23.1 Å². The summed E-state index contributed by atoms with van der Waals surface area (Å²) in [6.45, 7) is 1.42. The fourth-order valence-electron chi connectivity index (χ4n) is 5.54. The minimum atomic E-state index is -5.13. The number of aliphatic carboxylic acids is 1. The number of aromatic nitrogens is 1. The highest BCUT2D eigenvalue weighted by Gasteiger charge is 2.39. The van der Waals surface area contributed by atoms with E-state index in [2.05, 4.69) is 15.3 Å². The van der Waals surface area contributed by atoms with Crippen molar-refractivity contribution in [3.63, 3.8) is 0 Å². The summed E-state index contributed by atoms with van der Waals surface area (Å²) in [6.07, 6.45) is -18.6. The van der Waals surface area contributed by atoms with Crippen LogP contribution in [0.4, 0.5) is 61.5 Å². The SMILES string of the molecule is CC1=C(C(=O)O)C(c2ccc(F)cc2-c2cc(C(F)(F)F)cc(C(F)(F)F)c2)N=C(c2nccs2)N1.Fc1cccc(-c2cc(C(F)(F)F)cc(C(F)(F)F)c2)c1. The largest absolute Gasteiger partial charge is 0.478 e. The van der Waals surface area contributed by atoms with Gasteiger partial charge in [-0.1, -0.05) is 18.2 Å². The molecule has 57 heavy (non-hydrogen) atoms. The van der Waals surface area contributed by atoms with Crippen LogP contribution >= 0.6 is 11.3 Å². The Hall–Kier alpha value is -5.79. The Morgan fingerprint density at radius 3 is 1.63 bits per heavy atom.